The van der Waals surface area contributed by atoms with E-state index in [9.17, 15) is 8.78 Å². The molecule has 0 aliphatic carbocycles. The summed E-state index contributed by atoms with van der Waals surface area (Å²) in [4.78, 5) is 0. The molecule has 0 saturated carbocycles. The summed E-state index contributed by atoms with van der Waals surface area (Å²) in [6.45, 7) is 8.84. The van der Waals surface area contributed by atoms with Gasteiger partial charge in [0.2, 0.25) is 0 Å². The molecule has 2 unspecified atom stereocenters. The average molecular weight is 362 g/mol. The first-order valence-corrected chi connectivity index (χ1v) is 8.23. The van der Waals surface area contributed by atoms with E-state index in [0.29, 0.717) is 16.8 Å². The quantitative estimate of drug-likeness (QED) is 0.676. The van der Waals surface area contributed by atoms with Crippen molar-refractivity contribution in [3.05, 3.63) is 33.8 Å². The van der Waals surface area contributed by atoms with Gasteiger partial charge in [0.25, 0.3) is 0 Å². The zero-order valence-corrected chi connectivity index (χ0v) is 15.2. The van der Waals surface area contributed by atoms with Crippen LogP contribution < -0.4 is 5.32 Å². The van der Waals surface area contributed by atoms with Gasteiger partial charge < -0.3 is 5.32 Å². The average Bonchev–Trinajstić information content (AvgIpc) is 2.35. The van der Waals surface area contributed by atoms with Crippen LogP contribution in [0.15, 0.2) is 16.6 Å². The Balaban J connectivity index is 2.77. The van der Waals surface area contributed by atoms with Crippen LogP contribution in [-0.2, 0) is 6.42 Å². The molecule has 0 amide bonds. The highest BCUT2D eigenvalue weighted by Crippen LogP contribution is 2.28. The molecule has 1 nitrogen and oxygen atoms in total. The largest absolute Gasteiger partial charge is 0.317 e. The van der Waals surface area contributed by atoms with E-state index in [4.69, 9.17) is 0 Å². The molecule has 4 heteroatoms. The first-order chi connectivity index (χ1) is 9.64. The van der Waals surface area contributed by atoms with Crippen LogP contribution in [0, 0.1) is 23.0 Å². The van der Waals surface area contributed by atoms with E-state index in [2.05, 4.69) is 48.9 Å². The van der Waals surface area contributed by atoms with Gasteiger partial charge in [-0.2, -0.15) is 0 Å². The molecule has 1 aromatic rings. The number of rotatable bonds is 6. The molecule has 0 bridgehead atoms. The van der Waals surface area contributed by atoms with Crippen molar-refractivity contribution in [3.63, 3.8) is 0 Å². The van der Waals surface area contributed by atoms with Crippen molar-refractivity contribution >= 4 is 15.9 Å². The molecule has 0 fully saturated rings. The minimum atomic E-state index is -0.487. The second-order valence-corrected chi connectivity index (χ2v) is 7.97. The van der Waals surface area contributed by atoms with Gasteiger partial charge in [-0.15, -0.1) is 0 Å². The molecule has 1 N–H and O–H groups in total. The molecule has 0 spiro atoms. The normalized spacial score (nSPS) is 15.0. The summed E-state index contributed by atoms with van der Waals surface area (Å²) in [5.41, 5.74) is 0.427. The molecule has 0 saturated heterocycles. The van der Waals surface area contributed by atoms with Crippen molar-refractivity contribution in [2.24, 2.45) is 11.3 Å². The fourth-order valence-electron chi connectivity index (χ4n) is 2.92. The molecule has 120 valence electrons. The summed E-state index contributed by atoms with van der Waals surface area (Å²) >= 11 is 3.12. The second kappa shape index (κ2) is 7.68. The van der Waals surface area contributed by atoms with Crippen LogP contribution in [0.3, 0.4) is 0 Å². The van der Waals surface area contributed by atoms with Crippen molar-refractivity contribution in [1.29, 1.82) is 0 Å². The summed E-state index contributed by atoms with van der Waals surface area (Å²) in [5.74, 6) is -0.459. The fourth-order valence-corrected chi connectivity index (χ4v) is 3.29. The highest BCUT2D eigenvalue weighted by Gasteiger charge is 2.21. The Morgan fingerprint density at radius 2 is 1.86 bits per heavy atom. The van der Waals surface area contributed by atoms with E-state index in [-0.39, 0.29) is 17.0 Å². The lowest BCUT2D eigenvalue weighted by atomic mass is 9.82. The third-order valence-corrected chi connectivity index (χ3v) is 4.26. The lowest BCUT2D eigenvalue weighted by Gasteiger charge is -2.27. The van der Waals surface area contributed by atoms with E-state index in [1.54, 1.807) is 0 Å². The van der Waals surface area contributed by atoms with Crippen molar-refractivity contribution in [3.8, 4) is 0 Å². The lowest BCUT2D eigenvalue weighted by molar-refractivity contribution is 0.276. The van der Waals surface area contributed by atoms with Gasteiger partial charge in [0.1, 0.15) is 11.6 Å². The van der Waals surface area contributed by atoms with Crippen LogP contribution in [0.1, 0.15) is 46.1 Å². The van der Waals surface area contributed by atoms with Crippen molar-refractivity contribution in [2.45, 2.75) is 53.0 Å². The highest BCUT2D eigenvalue weighted by atomic mass is 79.9. The standard InChI is InChI=1S/C17H26BrF2N/c1-11(10-17(2,3)4)8-12(21-5)9-13-15(19)7-6-14(18)16(13)20/h6-7,11-12,21H,8-10H2,1-5H3. The van der Waals surface area contributed by atoms with Crippen molar-refractivity contribution < 1.29 is 8.78 Å². The third kappa shape index (κ3) is 6.03. The molecule has 0 aliphatic heterocycles. The molecule has 0 heterocycles. The van der Waals surface area contributed by atoms with Gasteiger partial charge in [-0.05, 0) is 65.7 Å². The van der Waals surface area contributed by atoms with E-state index >= 15 is 0 Å². The summed E-state index contributed by atoms with van der Waals surface area (Å²) in [6.07, 6.45) is 2.36. The number of likely N-dealkylation sites (N-methyl/N-ethyl adjacent to an activating group) is 1. The van der Waals surface area contributed by atoms with E-state index in [0.717, 1.165) is 12.8 Å². The maximum atomic E-state index is 14.1. The van der Waals surface area contributed by atoms with E-state index in [1.807, 2.05) is 7.05 Å². The van der Waals surface area contributed by atoms with Gasteiger partial charge in [-0.3, -0.25) is 0 Å². The number of nitrogens with one attached hydrogen (secondary N) is 1. The summed E-state index contributed by atoms with van der Waals surface area (Å²) in [5, 5.41) is 3.19. The smallest absolute Gasteiger partial charge is 0.143 e. The maximum absolute atomic E-state index is 14.1. The van der Waals surface area contributed by atoms with Crippen molar-refractivity contribution in [2.75, 3.05) is 7.05 Å². The fraction of sp³-hybridized carbons (Fsp3) is 0.647. The molecular weight excluding hydrogens is 336 g/mol. The monoisotopic (exact) mass is 361 g/mol. The van der Waals surface area contributed by atoms with Gasteiger partial charge in [0.15, 0.2) is 0 Å². The molecule has 0 radical (unpaired) electrons. The van der Waals surface area contributed by atoms with Gasteiger partial charge in [-0.25, -0.2) is 8.78 Å². The predicted octanol–water partition coefficient (Wildman–Crippen LogP) is 5.32. The van der Waals surface area contributed by atoms with Crippen LogP contribution in [0.25, 0.3) is 0 Å². The SMILES string of the molecule is CNC(Cc1c(F)ccc(Br)c1F)CC(C)CC(C)(C)C. The van der Waals surface area contributed by atoms with Gasteiger partial charge in [0, 0.05) is 11.6 Å². The number of hydrogen-bond acceptors (Lipinski definition) is 1. The van der Waals surface area contributed by atoms with Crippen molar-refractivity contribution in [1.82, 2.24) is 5.32 Å². The van der Waals surface area contributed by atoms with Gasteiger partial charge >= 0.3 is 0 Å². The minimum Gasteiger partial charge on any atom is -0.317 e. The number of benzene rings is 1. The molecule has 1 rings (SSSR count). The Morgan fingerprint density at radius 1 is 1.24 bits per heavy atom. The summed E-state index contributed by atoms with van der Waals surface area (Å²) in [7, 11) is 1.85. The predicted molar refractivity (Wildman–Crippen MR) is 88.5 cm³/mol. The van der Waals surface area contributed by atoms with E-state index in [1.165, 1.54) is 12.1 Å². The van der Waals surface area contributed by atoms with E-state index < -0.39 is 11.6 Å². The Kier molecular flexibility index (Phi) is 6.79. The van der Waals surface area contributed by atoms with Crippen LogP contribution in [0.5, 0.6) is 0 Å². The van der Waals surface area contributed by atoms with Crippen LogP contribution in [-0.4, -0.2) is 13.1 Å². The zero-order valence-electron chi connectivity index (χ0n) is 13.6. The molecule has 2 atom stereocenters. The Bertz CT molecular complexity index is 469. The minimum absolute atomic E-state index is 0.0700. The Morgan fingerprint density at radius 3 is 2.38 bits per heavy atom. The van der Waals surface area contributed by atoms with Gasteiger partial charge in [-0.1, -0.05) is 27.7 Å². The number of halogens is 3. The Labute approximate surface area is 135 Å². The molecule has 0 aliphatic rings. The Hall–Kier alpha value is -0.480. The van der Waals surface area contributed by atoms with Gasteiger partial charge in [0.05, 0.1) is 4.47 Å². The maximum Gasteiger partial charge on any atom is 0.143 e. The lowest BCUT2D eigenvalue weighted by Crippen LogP contribution is -2.31. The first kappa shape index (κ1) is 18.6. The first-order valence-electron chi connectivity index (χ1n) is 7.43. The second-order valence-electron chi connectivity index (χ2n) is 7.12. The summed E-state index contributed by atoms with van der Waals surface area (Å²) in [6, 6.07) is 2.79. The third-order valence-electron chi connectivity index (χ3n) is 3.65. The highest BCUT2D eigenvalue weighted by molar-refractivity contribution is 9.10. The van der Waals surface area contributed by atoms with Crippen LogP contribution in [0.4, 0.5) is 8.78 Å². The molecule has 0 aromatic heterocycles. The van der Waals surface area contributed by atoms with Crippen LogP contribution in [0.2, 0.25) is 0 Å². The van der Waals surface area contributed by atoms with Crippen LogP contribution >= 0.6 is 15.9 Å². The zero-order chi connectivity index (χ0) is 16.2. The molecular formula is C17H26BrF2N. The summed E-state index contributed by atoms with van der Waals surface area (Å²) < 4.78 is 28.2. The number of hydrogen-bond donors (Lipinski definition) is 1. The molecule has 1 aromatic carbocycles. The molecule has 21 heavy (non-hydrogen) atoms. The topological polar surface area (TPSA) is 12.0 Å².